The van der Waals surface area contributed by atoms with Gasteiger partial charge in [-0.3, -0.25) is 9.89 Å². The maximum absolute atomic E-state index is 12.1. The molecule has 1 saturated heterocycles. The van der Waals surface area contributed by atoms with Crippen molar-refractivity contribution >= 4 is 34.5 Å². The highest BCUT2D eigenvalue weighted by atomic mass is 35.5. The van der Waals surface area contributed by atoms with Crippen LogP contribution in [0.4, 0.5) is 4.79 Å². The summed E-state index contributed by atoms with van der Waals surface area (Å²) >= 11 is 6.22. The minimum Gasteiger partial charge on any atom is -0.440 e. The number of piperidine rings is 1. The minimum absolute atomic E-state index is 0.195. The van der Waals surface area contributed by atoms with Crippen LogP contribution in [-0.2, 0) is 9.53 Å². The van der Waals surface area contributed by atoms with Gasteiger partial charge in [0.2, 0.25) is 0 Å². The number of H-pyrrole nitrogens is 1. The van der Waals surface area contributed by atoms with Crippen molar-refractivity contribution < 1.29 is 19.4 Å². The van der Waals surface area contributed by atoms with Crippen LogP contribution in [0.25, 0.3) is 10.9 Å². The molecule has 2 aromatic rings. The van der Waals surface area contributed by atoms with Gasteiger partial charge in [-0.15, -0.1) is 0 Å². The molecule has 1 aliphatic heterocycles. The average molecular weight is 409 g/mol. The van der Waals surface area contributed by atoms with E-state index in [4.69, 9.17) is 17.3 Å². The van der Waals surface area contributed by atoms with Gasteiger partial charge in [-0.25, -0.2) is 4.79 Å². The lowest BCUT2D eigenvalue weighted by Crippen LogP contribution is -2.45. The number of fused-ring (bicyclic) bond motifs is 1. The van der Waals surface area contributed by atoms with E-state index in [0.717, 1.165) is 29.3 Å². The lowest BCUT2D eigenvalue weighted by atomic mass is 9.68. The highest BCUT2D eigenvalue weighted by Gasteiger charge is 2.40. The number of rotatable bonds is 5. The second-order valence-corrected chi connectivity index (χ2v) is 8.25. The molecule has 0 bridgehead atoms. The van der Waals surface area contributed by atoms with Gasteiger partial charge in [0.1, 0.15) is 0 Å². The Morgan fingerprint density at radius 1 is 1.43 bits per heavy atom. The first-order valence-corrected chi connectivity index (χ1v) is 9.58. The van der Waals surface area contributed by atoms with Gasteiger partial charge < -0.3 is 20.5 Å². The van der Waals surface area contributed by atoms with Crippen LogP contribution in [0.15, 0.2) is 18.3 Å². The number of likely N-dealkylation sites (tertiary alicyclic amines) is 1. The Kier molecular flexibility index (Phi) is 5.81. The summed E-state index contributed by atoms with van der Waals surface area (Å²) in [5.74, 6) is -0.0647. The van der Waals surface area contributed by atoms with Gasteiger partial charge in [-0.1, -0.05) is 25.4 Å². The molecule has 1 aromatic carbocycles. The Bertz CT molecular complexity index is 874. The maximum atomic E-state index is 12.1. The van der Waals surface area contributed by atoms with E-state index in [1.54, 1.807) is 17.2 Å². The van der Waals surface area contributed by atoms with Gasteiger partial charge in [0, 0.05) is 29.1 Å². The summed E-state index contributed by atoms with van der Waals surface area (Å²) in [6, 6.07) is 3.58. The smallest absolute Gasteiger partial charge is 0.405 e. The molecule has 4 N–H and O–H groups in total. The van der Waals surface area contributed by atoms with Crippen molar-refractivity contribution in [3.05, 3.63) is 28.9 Å². The molecule has 0 radical (unpaired) electrons. The molecule has 1 aromatic heterocycles. The maximum Gasteiger partial charge on any atom is 0.405 e. The van der Waals surface area contributed by atoms with E-state index < -0.39 is 17.6 Å². The quantitative estimate of drug-likeness (QED) is 0.702. The second kappa shape index (κ2) is 7.97. The summed E-state index contributed by atoms with van der Waals surface area (Å²) < 4.78 is 4.58. The van der Waals surface area contributed by atoms with Gasteiger partial charge in [-0.2, -0.15) is 5.10 Å². The Labute approximate surface area is 168 Å². The summed E-state index contributed by atoms with van der Waals surface area (Å²) in [6.07, 6.45) is 1.44. The number of aliphatic hydroxyl groups is 1. The number of aliphatic hydroxyl groups excluding tert-OH is 1. The van der Waals surface area contributed by atoms with Gasteiger partial charge in [0.25, 0.3) is 5.91 Å². The zero-order valence-corrected chi connectivity index (χ0v) is 16.7. The van der Waals surface area contributed by atoms with E-state index in [1.807, 2.05) is 19.9 Å². The normalized spacial score (nSPS) is 16.9. The van der Waals surface area contributed by atoms with Gasteiger partial charge in [0.15, 0.2) is 6.61 Å². The van der Waals surface area contributed by atoms with Crippen LogP contribution in [0.3, 0.4) is 0 Å². The number of benzene rings is 1. The Hall–Kier alpha value is -2.32. The third-order valence-corrected chi connectivity index (χ3v) is 6.00. The second-order valence-electron chi connectivity index (χ2n) is 7.82. The van der Waals surface area contributed by atoms with Crippen molar-refractivity contribution in [2.45, 2.75) is 32.8 Å². The first kappa shape index (κ1) is 20.4. The highest BCUT2D eigenvalue weighted by molar-refractivity contribution is 6.31. The predicted molar refractivity (Wildman–Crippen MR) is 105 cm³/mol. The molecule has 1 aliphatic rings. The van der Waals surface area contributed by atoms with Crippen LogP contribution in [-0.4, -0.2) is 51.9 Å². The van der Waals surface area contributed by atoms with Crippen LogP contribution in [0.5, 0.6) is 0 Å². The van der Waals surface area contributed by atoms with E-state index in [2.05, 4.69) is 14.9 Å². The van der Waals surface area contributed by atoms with Crippen molar-refractivity contribution in [3.8, 4) is 0 Å². The summed E-state index contributed by atoms with van der Waals surface area (Å²) in [7, 11) is 0. The van der Waals surface area contributed by atoms with Crippen molar-refractivity contribution in [1.82, 2.24) is 15.1 Å². The molecular weight excluding hydrogens is 384 g/mol. The first-order valence-electron chi connectivity index (χ1n) is 9.20. The molecule has 2 amide bonds. The molecular formula is C19H25ClN4O4. The monoisotopic (exact) mass is 408 g/mol. The number of hydrogen-bond acceptors (Lipinski definition) is 5. The third kappa shape index (κ3) is 4.07. The van der Waals surface area contributed by atoms with Crippen LogP contribution >= 0.6 is 11.6 Å². The SMILES string of the molecule is CC(C)(C1CCN(C(=O)COC(N)=O)CC1)C(O)c1cc(Cl)cc2cn[nH]c12. The number of amides is 2. The molecule has 1 unspecified atom stereocenters. The molecule has 9 heteroatoms. The lowest BCUT2D eigenvalue weighted by molar-refractivity contribution is -0.136. The number of aromatic nitrogens is 2. The van der Waals surface area contributed by atoms with E-state index in [0.29, 0.717) is 18.1 Å². The summed E-state index contributed by atoms with van der Waals surface area (Å²) in [4.78, 5) is 24.4. The zero-order valence-electron chi connectivity index (χ0n) is 15.9. The van der Waals surface area contributed by atoms with Crippen molar-refractivity contribution in [1.29, 1.82) is 0 Å². The summed E-state index contributed by atoms with van der Waals surface area (Å²) in [5, 5.41) is 19.6. The zero-order chi connectivity index (χ0) is 20.5. The Balaban J connectivity index is 1.70. The average Bonchev–Trinajstić information content (AvgIpc) is 3.13. The van der Waals surface area contributed by atoms with Crippen molar-refractivity contribution in [3.63, 3.8) is 0 Å². The lowest BCUT2D eigenvalue weighted by Gasteiger charge is -2.43. The molecule has 1 fully saturated rings. The summed E-state index contributed by atoms with van der Waals surface area (Å²) in [5.41, 5.74) is 5.96. The fourth-order valence-corrected chi connectivity index (χ4v) is 4.22. The number of aromatic amines is 1. The van der Waals surface area contributed by atoms with Crippen molar-refractivity contribution in [2.24, 2.45) is 17.1 Å². The minimum atomic E-state index is -0.959. The topological polar surface area (TPSA) is 122 Å². The van der Waals surface area contributed by atoms with E-state index in [9.17, 15) is 14.7 Å². The molecule has 3 rings (SSSR count). The molecule has 0 saturated carbocycles. The van der Waals surface area contributed by atoms with Crippen LogP contribution in [0.2, 0.25) is 5.02 Å². The largest absolute Gasteiger partial charge is 0.440 e. The molecule has 152 valence electrons. The highest BCUT2D eigenvalue weighted by Crippen LogP contribution is 2.46. The number of nitrogens with two attached hydrogens (primary N) is 1. The Morgan fingerprint density at radius 2 is 2.11 bits per heavy atom. The first-order chi connectivity index (χ1) is 13.2. The van der Waals surface area contributed by atoms with Gasteiger partial charge in [-0.05, 0) is 36.3 Å². The molecule has 8 nitrogen and oxygen atoms in total. The van der Waals surface area contributed by atoms with E-state index in [1.165, 1.54) is 0 Å². The number of nitrogens with zero attached hydrogens (tertiary/aromatic N) is 2. The molecule has 28 heavy (non-hydrogen) atoms. The molecule has 0 aliphatic carbocycles. The fourth-order valence-electron chi connectivity index (χ4n) is 3.98. The number of halogens is 1. The fraction of sp³-hybridized carbons (Fsp3) is 0.526. The number of hydrogen-bond donors (Lipinski definition) is 3. The number of carbonyl (C=O) groups excluding carboxylic acids is 2. The van der Waals surface area contributed by atoms with Gasteiger partial charge in [0.05, 0.1) is 17.8 Å². The molecule has 1 atom stereocenters. The van der Waals surface area contributed by atoms with E-state index in [-0.39, 0.29) is 18.4 Å². The molecule has 2 heterocycles. The third-order valence-electron chi connectivity index (χ3n) is 5.78. The number of primary amides is 1. The number of ether oxygens (including phenoxy) is 1. The van der Waals surface area contributed by atoms with Crippen LogP contribution in [0.1, 0.15) is 38.4 Å². The standard InChI is InChI=1S/C19H25ClN4O4/c1-19(2,12-3-5-24(6-4-12)15(25)10-28-18(21)27)17(26)14-8-13(20)7-11-9-22-23-16(11)14/h7-9,12,17,26H,3-6,10H2,1-2H3,(H2,21,27)(H,22,23). The number of nitrogens with one attached hydrogen (secondary N) is 1. The molecule has 0 spiro atoms. The van der Waals surface area contributed by atoms with Crippen molar-refractivity contribution in [2.75, 3.05) is 19.7 Å². The predicted octanol–water partition coefficient (Wildman–Crippen LogP) is 2.61. The van der Waals surface area contributed by atoms with Crippen LogP contribution in [0, 0.1) is 11.3 Å². The van der Waals surface area contributed by atoms with Gasteiger partial charge >= 0.3 is 6.09 Å². The van der Waals surface area contributed by atoms with Crippen LogP contribution < -0.4 is 5.73 Å². The number of carbonyl (C=O) groups is 2. The Morgan fingerprint density at radius 3 is 2.75 bits per heavy atom. The van der Waals surface area contributed by atoms with E-state index >= 15 is 0 Å². The summed E-state index contributed by atoms with van der Waals surface area (Å²) in [6.45, 7) is 4.79.